The second kappa shape index (κ2) is 11.7. The number of hydrogen-bond donors (Lipinski definition) is 2. The second-order valence-corrected chi connectivity index (χ2v) is 8.67. The molecule has 1 aliphatic rings. The Morgan fingerprint density at radius 2 is 1.79 bits per heavy atom. The van der Waals surface area contributed by atoms with Gasteiger partial charge in [0.1, 0.15) is 17.9 Å². The Labute approximate surface area is 203 Å². The number of ether oxygens (including phenoxy) is 3. The Morgan fingerprint density at radius 3 is 2.42 bits per heavy atom. The van der Waals surface area contributed by atoms with Gasteiger partial charge in [0, 0.05) is 25.8 Å². The number of benzene rings is 2. The molecule has 9 heteroatoms. The van der Waals surface area contributed by atoms with E-state index in [0.717, 1.165) is 5.56 Å². The number of hydrogen-bond acceptors (Lipinski definition) is 6. The van der Waals surface area contributed by atoms with Crippen LogP contribution in [0.15, 0.2) is 42.5 Å². The lowest BCUT2D eigenvalue weighted by molar-refractivity contribution is -0.132. The van der Waals surface area contributed by atoms with Gasteiger partial charge in [0.05, 0.1) is 28.8 Å². The van der Waals surface area contributed by atoms with Gasteiger partial charge in [0.25, 0.3) is 0 Å². The summed E-state index contributed by atoms with van der Waals surface area (Å²) in [6.45, 7) is 3.73. The number of halogens is 2. The summed E-state index contributed by atoms with van der Waals surface area (Å²) in [4.78, 5) is 24.9. The van der Waals surface area contributed by atoms with Gasteiger partial charge in [0.15, 0.2) is 0 Å². The molecule has 1 aliphatic heterocycles. The van der Waals surface area contributed by atoms with Crippen molar-refractivity contribution in [3.8, 4) is 5.75 Å². The van der Waals surface area contributed by atoms with Gasteiger partial charge in [-0.2, -0.15) is 0 Å². The smallest absolute Gasteiger partial charge is 0.337 e. The Hall–Kier alpha value is -2.32. The summed E-state index contributed by atoms with van der Waals surface area (Å²) in [5, 5.41) is 7.37. The predicted molar refractivity (Wildman–Crippen MR) is 127 cm³/mol. The van der Waals surface area contributed by atoms with E-state index in [2.05, 4.69) is 10.6 Å². The molecule has 3 rings (SSSR count). The summed E-state index contributed by atoms with van der Waals surface area (Å²) in [7, 11) is 1.34. The van der Waals surface area contributed by atoms with Gasteiger partial charge < -0.3 is 19.5 Å². The van der Waals surface area contributed by atoms with Crippen molar-refractivity contribution < 1.29 is 23.8 Å². The quantitative estimate of drug-likeness (QED) is 0.401. The van der Waals surface area contributed by atoms with Gasteiger partial charge >= 0.3 is 5.97 Å². The number of carbonyl (C=O) groups is 2. The molecular weight excluding hydrogens is 467 g/mol. The number of rotatable bonds is 9. The fourth-order valence-electron chi connectivity index (χ4n) is 3.67. The van der Waals surface area contributed by atoms with Crippen LogP contribution in [0, 0.1) is 0 Å². The lowest BCUT2D eigenvalue weighted by atomic mass is 9.88. The molecule has 7 nitrogen and oxygen atoms in total. The van der Waals surface area contributed by atoms with Crippen molar-refractivity contribution in [1.82, 2.24) is 10.6 Å². The first kappa shape index (κ1) is 25.3. The fraction of sp³-hybridized carbons (Fsp3) is 0.417. The highest BCUT2D eigenvalue weighted by molar-refractivity contribution is 6.42. The standard InChI is InChI=1S/C24H28Cl2N2O5/c1-16(17-3-5-18(6-4-17)22(29)31-2)28-23(30)24(9-12-32-13-10-24)27-11-14-33-19-7-8-20(25)21(26)15-19/h3-8,15-16,27H,9-14H2,1-2H3,(H,28,30)/t16-/m0/s1. The average Bonchev–Trinajstić information content (AvgIpc) is 2.84. The van der Waals surface area contributed by atoms with E-state index in [1.165, 1.54) is 7.11 Å². The van der Waals surface area contributed by atoms with Crippen LogP contribution in [-0.4, -0.2) is 50.9 Å². The zero-order chi connectivity index (χ0) is 23.8. The van der Waals surface area contributed by atoms with Crippen molar-refractivity contribution in [1.29, 1.82) is 0 Å². The van der Waals surface area contributed by atoms with Gasteiger partial charge in [0.2, 0.25) is 5.91 Å². The van der Waals surface area contributed by atoms with Crippen molar-refractivity contribution in [3.63, 3.8) is 0 Å². The topological polar surface area (TPSA) is 85.9 Å². The summed E-state index contributed by atoms with van der Waals surface area (Å²) in [5.74, 6) is 0.122. The van der Waals surface area contributed by atoms with E-state index < -0.39 is 11.5 Å². The number of esters is 1. The molecule has 2 N–H and O–H groups in total. The van der Waals surface area contributed by atoms with Crippen LogP contribution in [0.4, 0.5) is 0 Å². The maximum absolute atomic E-state index is 13.3. The molecule has 2 aromatic carbocycles. The second-order valence-electron chi connectivity index (χ2n) is 7.85. The van der Waals surface area contributed by atoms with Gasteiger partial charge in [-0.1, -0.05) is 35.3 Å². The molecule has 1 atom stereocenters. The van der Waals surface area contributed by atoms with Crippen LogP contribution in [0.1, 0.15) is 41.7 Å². The van der Waals surface area contributed by atoms with Gasteiger partial charge in [-0.15, -0.1) is 0 Å². The summed E-state index contributed by atoms with van der Waals surface area (Å²) in [6, 6.07) is 11.8. The molecule has 1 fully saturated rings. The third kappa shape index (κ3) is 6.60. The average molecular weight is 495 g/mol. The minimum atomic E-state index is -0.751. The molecule has 1 heterocycles. The van der Waals surface area contributed by atoms with Crippen LogP contribution < -0.4 is 15.4 Å². The van der Waals surface area contributed by atoms with E-state index in [1.54, 1.807) is 30.3 Å². The number of methoxy groups -OCH3 is 1. The van der Waals surface area contributed by atoms with E-state index in [1.807, 2.05) is 19.1 Å². The number of nitrogens with one attached hydrogen (secondary N) is 2. The number of amides is 1. The molecule has 0 bridgehead atoms. The van der Waals surface area contributed by atoms with Gasteiger partial charge in [-0.05, 0) is 49.6 Å². The van der Waals surface area contributed by atoms with E-state index in [-0.39, 0.29) is 11.9 Å². The first-order valence-electron chi connectivity index (χ1n) is 10.7. The summed E-state index contributed by atoms with van der Waals surface area (Å²) in [5.41, 5.74) is 0.602. The van der Waals surface area contributed by atoms with Crippen LogP contribution in [-0.2, 0) is 14.3 Å². The molecule has 0 spiro atoms. The summed E-state index contributed by atoms with van der Waals surface area (Å²) in [6.07, 6.45) is 1.11. The molecule has 0 unspecified atom stereocenters. The van der Waals surface area contributed by atoms with Crippen molar-refractivity contribution in [2.45, 2.75) is 31.3 Å². The molecule has 1 saturated heterocycles. The van der Waals surface area contributed by atoms with Crippen LogP contribution in [0.5, 0.6) is 5.75 Å². The number of carbonyl (C=O) groups excluding carboxylic acids is 2. The van der Waals surface area contributed by atoms with Crippen molar-refractivity contribution >= 4 is 35.1 Å². The molecule has 0 radical (unpaired) electrons. The minimum absolute atomic E-state index is 0.0927. The Morgan fingerprint density at radius 1 is 1.09 bits per heavy atom. The Bertz CT molecular complexity index is 962. The highest BCUT2D eigenvalue weighted by atomic mass is 35.5. The highest BCUT2D eigenvalue weighted by Crippen LogP contribution is 2.27. The Balaban J connectivity index is 1.59. The summed E-state index contributed by atoms with van der Waals surface area (Å²) >= 11 is 12.0. The van der Waals surface area contributed by atoms with Crippen molar-refractivity contribution in [2.75, 3.05) is 33.5 Å². The highest BCUT2D eigenvalue weighted by Gasteiger charge is 2.40. The maximum Gasteiger partial charge on any atom is 0.337 e. The summed E-state index contributed by atoms with van der Waals surface area (Å²) < 4.78 is 16.0. The molecule has 0 saturated carbocycles. The van der Waals surface area contributed by atoms with Crippen molar-refractivity contribution in [3.05, 3.63) is 63.6 Å². The van der Waals surface area contributed by atoms with E-state index in [0.29, 0.717) is 60.6 Å². The minimum Gasteiger partial charge on any atom is -0.492 e. The molecule has 1 amide bonds. The maximum atomic E-state index is 13.3. The molecular formula is C24H28Cl2N2O5. The zero-order valence-corrected chi connectivity index (χ0v) is 20.2. The zero-order valence-electron chi connectivity index (χ0n) is 18.7. The predicted octanol–water partition coefficient (Wildman–Crippen LogP) is 4.18. The normalized spacial score (nSPS) is 16.0. The van der Waals surface area contributed by atoms with Gasteiger partial charge in [-0.3, -0.25) is 10.1 Å². The SMILES string of the molecule is COC(=O)c1ccc([C@H](C)NC(=O)C2(NCCOc3ccc(Cl)c(Cl)c3)CCOCC2)cc1. The van der Waals surface area contributed by atoms with Crippen LogP contribution in [0.2, 0.25) is 10.0 Å². The van der Waals surface area contributed by atoms with Crippen LogP contribution in [0.25, 0.3) is 0 Å². The molecule has 0 aromatic heterocycles. The van der Waals surface area contributed by atoms with E-state index in [4.69, 9.17) is 37.4 Å². The van der Waals surface area contributed by atoms with Crippen LogP contribution >= 0.6 is 23.2 Å². The third-order valence-corrected chi connectivity index (χ3v) is 6.42. The molecule has 0 aliphatic carbocycles. The van der Waals surface area contributed by atoms with E-state index in [9.17, 15) is 9.59 Å². The van der Waals surface area contributed by atoms with Crippen molar-refractivity contribution in [2.24, 2.45) is 0 Å². The largest absolute Gasteiger partial charge is 0.492 e. The molecule has 2 aromatic rings. The first-order valence-corrected chi connectivity index (χ1v) is 11.5. The first-order chi connectivity index (χ1) is 15.8. The fourth-order valence-corrected chi connectivity index (χ4v) is 3.96. The van der Waals surface area contributed by atoms with Gasteiger partial charge in [-0.25, -0.2) is 4.79 Å². The van der Waals surface area contributed by atoms with Crippen LogP contribution in [0.3, 0.4) is 0 Å². The molecule has 178 valence electrons. The lowest BCUT2D eigenvalue weighted by Crippen LogP contribution is -2.60. The monoisotopic (exact) mass is 494 g/mol. The lowest BCUT2D eigenvalue weighted by Gasteiger charge is -2.37. The Kier molecular flexibility index (Phi) is 8.97. The third-order valence-electron chi connectivity index (χ3n) is 5.69. The molecule has 33 heavy (non-hydrogen) atoms. The van der Waals surface area contributed by atoms with E-state index >= 15 is 0 Å².